The number of nitrogens with one attached hydrogen (secondary N) is 2. The quantitative estimate of drug-likeness (QED) is 0.391. The van der Waals surface area contributed by atoms with Gasteiger partial charge in [0.2, 0.25) is 5.88 Å². The van der Waals surface area contributed by atoms with Gasteiger partial charge >= 0.3 is 0 Å². The number of rotatable bonds is 5. The van der Waals surface area contributed by atoms with E-state index >= 15 is 0 Å². The standard InChI is InChI=1S/C14H22N4O3S.HI/c1-3-15-14(18-12-6-7-22(19,20)10-12)17-9-11-4-5-13(21-2)16-8-11;/h4-5,8,12H,3,6-7,9-10H2,1-2H3,(H2,15,17,18);1H. The van der Waals surface area contributed by atoms with E-state index in [1.54, 1.807) is 19.4 Å². The second kappa shape index (κ2) is 9.26. The van der Waals surface area contributed by atoms with Gasteiger partial charge in [-0.2, -0.15) is 0 Å². The van der Waals surface area contributed by atoms with Crippen molar-refractivity contribution < 1.29 is 13.2 Å². The van der Waals surface area contributed by atoms with Crippen molar-refractivity contribution in [3.05, 3.63) is 23.9 Å². The van der Waals surface area contributed by atoms with Gasteiger partial charge in [-0.05, 0) is 18.9 Å². The molecule has 0 aliphatic carbocycles. The van der Waals surface area contributed by atoms with Crippen LogP contribution in [-0.2, 0) is 16.4 Å². The van der Waals surface area contributed by atoms with Crippen molar-refractivity contribution in [1.82, 2.24) is 15.6 Å². The molecule has 1 unspecified atom stereocenters. The molecule has 0 radical (unpaired) electrons. The minimum atomic E-state index is -2.90. The molecule has 130 valence electrons. The number of guanidine groups is 1. The maximum atomic E-state index is 11.5. The summed E-state index contributed by atoms with van der Waals surface area (Å²) in [7, 11) is -1.33. The van der Waals surface area contributed by atoms with Crippen molar-refractivity contribution in [2.45, 2.75) is 25.9 Å². The van der Waals surface area contributed by atoms with Crippen LogP contribution in [0.25, 0.3) is 0 Å². The highest BCUT2D eigenvalue weighted by atomic mass is 127. The molecule has 1 aromatic heterocycles. The predicted molar refractivity (Wildman–Crippen MR) is 101 cm³/mol. The summed E-state index contributed by atoms with van der Waals surface area (Å²) in [5.41, 5.74) is 0.956. The predicted octanol–water partition coefficient (Wildman–Crippen LogP) is 0.950. The van der Waals surface area contributed by atoms with Crippen LogP contribution in [0, 0.1) is 0 Å². The summed E-state index contributed by atoms with van der Waals surface area (Å²) in [4.78, 5) is 8.60. The van der Waals surface area contributed by atoms with Gasteiger partial charge in [-0.3, -0.25) is 0 Å². The summed E-state index contributed by atoms with van der Waals surface area (Å²) in [6, 6.07) is 3.62. The van der Waals surface area contributed by atoms with E-state index in [0.717, 1.165) is 5.56 Å². The molecule has 0 bridgehead atoms. The molecule has 0 amide bonds. The molecule has 23 heavy (non-hydrogen) atoms. The number of hydrogen-bond donors (Lipinski definition) is 2. The molecular formula is C14H23IN4O3S. The first-order chi connectivity index (χ1) is 10.5. The van der Waals surface area contributed by atoms with Crippen LogP contribution in [0.5, 0.6) is 5.88 Å². The molecule has 1 aliphatic heterocycles. The fraction of sp³-hybridized carbons (Fsp3) is 0.571. The van der Waals surface area contributed by atoms with Crippen LogP contribution < -0.4 is 15.4 Å². The Hall–Kier alpha value is -1.10. The van der Waals surface area contributed by atoms with Crippen molar-refractivity contribution in [3.8, 4) is 5.88 Å². The molecule has 1 saturated heterocycles. The normalized spacial score (nSPS) is 19.7. The smallest absolute Gasteiger partial charge is 0.212 e. The topological polar surface area (TPSA) is 92.7 Å². The monoisotopic (exact) mass is 454 g/mol. The van der Waals surface area contributed by atoms with Crippen LogP contribution in [0.1, 0.15) is 18.9 Å². The molecule has 0 aromatic carbocycles. The maximum Gasteiger partial charge on any atom is 0.212 e. The first kappa shape index (κ1) is 19.9. The molecule has 9 heteroatoms. The Morgan fingerprint density at radius 2 is 2.26 bits per heavy atom. The van der Waals surface area contributed by atoms with Gasteiger partial charge in [0, 0.05) is 24.8 Å². The van der Waals surface area contributed by atoms with Gasteiger partial charge in [0.05, 0.1) is 25.2 Å². The molecule has 7 nitrogen and oxygen atoms in total. The van der Waals surface area contributed by atoms with Gasteiger partial charge in [0.15, 0.2) is 15.8 Å². The lowest BCUT2D eigenvalue weighted by Crippen LogP contribution is -2.44. The number of halogens is 1. The largest absolute Gasteiger partial charge is 0.481 e. The average Bonchev–Trinajstić information content (AvgIpc) is 2.84. The van der Waals surface area contributed by atoms with Gasteiger partial charge < -0.3 is 15.4 Å². The van der Waals surface area contributed by atoms with Crippen LogP contribution >= 0.6 is 24.0 Å². The molecule has 1 aliphatic rings. The van der Waals surface area contributed by atoms with Crippen molar-refractivity contribution in [2.75, 3.05) is 25.2 Å². The zero-order chi connectivity index (χ0) is 16.0. The summed E-state index contributed by atoms with van der Waals surface area (Å²) >= 11 is 0. The Morgan fingerprint density at radius 3 is 2.78 bits per heavy atom. The van der Waals surface area contributed by atoms with Crippen LogP contribution in [0.15, 0.2) is 23.3 Å². The average molecular weight is 454 g/mol. The minimum absolute atomic E-state index is 0. The number of nitrogens with zero attached hydrogens (tertiary/aromatic N) is 2. The van der Waals surface area contributed by atoms with Gasteiger partial charge in [0.25, 0.3) is 0 Å². The lowest BCUT2D eigenvalue weighted by atomic mass is 10.3. The number of methoxy groups -OCH3 is 1. The second-order valence-corrected chi connectivity index (χ2v) is 7.38. The van der Waals surface area contributed by atoms with Crippen molar-refractivity contribution >= 4 is 39.8 Å². The lowest BCUT2D eigenvalue weighted by molar-refractivity contribution is 0.397. The summed E-state index contributed by atoms with van der Waals surface area (Å²) in [6.45, 7) is 3.15. The third-order valence-corrected chi connectivity index (χ3v) is 5.11. The Kier molecular flexibility index (Phi) is 8.03. The molecule has 2 rings (SSSR count). The molecule has 1 fully saturated rings. The SMILES string of the molecule is CCNC(=NCc1ccc(OC)nc1)NC1CCS(=O)(=O)C1.I. The fourth-order valence-electron chi connectivity index (χ4n) is 2.22. The summed E-state index contributed by atoms with van der Waals surface area (Å²) in [5.74, 6) is 1.60. The third kappa shape index (κ3) is 6.50. The van der Waals surface area contributed by atoms with Crippen LogP contribution in [0.2, 0.25) is 0 Å². The highest BCUT2D eigenvalue weighted by molar-refractivity contribution is 14.0. The minimum Gasteiger partial charge on any atom is -0.481 e. The Morgan fingerprint density at radius 1 is 1.48 bits per heavy atom. The zero-order valence-electron chi connectivity index (χ0n) is 13.3. The number of aliphatic imine (C=N–C) groups is 1. The van der Waals surface area contributed by atoms with Crippen LogP contribution in [-0.4, -0.2) is 50.6 Å². The van der Waals surface area contributed by atoms with E-state index in [9.17, 15) is 8.42 Å². The van der Waals surface area contributed by atoms with Gasteiger partial charge in [0.1, 0.15) is 0 Å². The summed E-state index contributed by atoms with van der Waals surface area (Å²) in [5, 5.41) is 6.31. The van der Waals surface area contributed by atoms with Crippen molar-refractivity contribution in [1.29, 1.82) is 0 Å². The van der Waals surface area contributed by atoms with Crippen LogP contribution in [0.4, 0.5) is 0 Å². The number of ether oxygens (including phenoxy) is 1. The van der Waals surface area contributed by atoms with Gasteiger partial charge in [-0.25, -0.2) is 18.4 Å². The van der Waals surface area contributed by atoms with E-state index < -0.39 is 9.84 Å². The Labute approximate surface area is 154 Å². The molecule has 2 heterocycles. The molecule has 0 spiro atoms. The van der Waals surface area contributed by atoms with E-state index in [1.807, 2.05) is 13.0 Å². The molecule has 0 saturated carbocycles. The Balaban J connectivity index is 0.00000264. The Bertz CT molecular complexity index is 619. The van der Waals surface area contributed by atoms with Crippen molar-refractivity contribution in [2.24, 2.45) is 4.99 Å². The number of hydrogen-bond acceptors (Lipinski definition) is 5. The first-order valence-electron chi connectivity index (χ1n) is 7.26. The highest BCUT2D eigenvalue weighted by Gasteiger charge is 2.28. The van der Waals surface area contributed by atoms with Crippen LogP contribution in [0.3, 0.4) is 0 Å². The van der Waals surface area contributed by atoms with Gasteiger partial charge in [-0.15, -0.1) is 24.0 Å². The summed E-state index contributed by atoms with van der Waals surface area (Å²) in [6.07, 6.45) is 2.34. The van der Waals surface area contributed by atoms with E-state index in [2.05, 4.69) is 20.6 Å². The molecule has 1 atom stereocenters. The van der Waals surface area contributed by atoms with E-state index in [1.165, 1.54) is 0 Å². The van der Waals surface area contributed by atoms with Gasteiger partial charge in [-0.1, -0.05) is 6.07 Å². The number of sulfone groups is 1. The second-order valence-electron chi connectivity index (χ2n) is 5.15. The summed E-state index contributed by atoms with van der Waals surface area (Å²) < 4.78 is 28.0. The third-order valence-electron chi connectivity index (χ3n) is 3.34. The molecular weight excluding hydrogens is 431 g/mol. The first-order valence-corrected chi connectivity index (χ1v) is 9.08. The maximum absolute atomic E-state index is 11.5. The van der Waals surface area contributed by atoms with Crippen molar-refractivity contribution in [3.63, 3.8) is 0 Å². The highest BCUT2D eigenvalue weighted by Crippen LogP contribution is 2.11. The zero-order valence-corrected chi connectivity index (χ0v) is 16.4. The lowest BCUT2D eigenvalue weighted by Gasteiger charge is -2.15. The molecule has 1 aromatic rings. The number of pyridine rings is 1. The molecule has 2 N–H and O–H groups in total. The van der Waals surface area contributed by atoms with E-state index in [0.29, 0.717) is 31.3 Å². The van der Waals surface area contributed by atoms with E-state index in [-0.39, 0.29) is 41.5 Å². The van der Waals surface area contributed by atoms with E-state index in [4.69, 9.17) is 4.74 Å². The fourth-order valence-corrected chi connectivity index (χ4v) is 3.89. The number of aromatic nitrogens is 1.